The summed E-state index contributed by atoms with van der Waals surface area (Å²) in [5.41, 5.74) is 1.98. The largest absolute Gasteiger partial charge is 0.484 e. The van der Waals surface area contributed by atoms with Crippen LogP contribution < -0.4 is 14.8 Å². The summed E-state index contributed by atoms with van der Waals surface area (Å²) >= 11 is 0. The number of anilines is 1. The third-order valence-corrected chi connectivity index (χ3v) is 8.64. The van der Waals surface area contributed by atoms with E-state index in [9.17, 15) is 35.9 Å². The Bertz CT molecular complexity index is 2080. The number of rotatable bonds is 9. The van der Waals surface area contributed by atoms with Crippen LogP contribution >= 0.6 is 12.4 Å². The lowest BCUT2D eigenvalue weighted by atomic mass is 10.0. The highest BCUT2D eigenvalue weighted by molar-refractivity contribution is 6.05. The van der Waals surface area contributed by atoms with Crippen LogP contribution in [0.2, 0.25) is 0 Å². The maximum atomic E-state index is 13.5. The molecule has 1 aliphatic heterocycles. The van der Waals surface area contributed by atoms with E-state index in [1.807, 2.05) is 12.1 Å². The first-order chi connectivity index (χ1) is 24.6. The highest BCUT2D eigenvalue weighted by atomic mass is 35.5. The molecule has 0 unspecified atom stereocenters. The maximum Gasteiger partial charge on any atom is 0.422 e. The summed E-state index contributed by atoms with van der Waals surface area (Å²) in [5, 5.41) is 3.47. The van der Waals surface area contributed by atoms with Gasteiger partial charge in [0, 0.05) is 62.9 Å². The first-order valence-corrected chi connectivity index (χ1v) is 16.2. The number of benzene rings is 3. The second-order valence-corrected chi connectivity index (χ2v) is 12.4. The average Bonchev–Trinajstić information content (AvgIpc) is 3.43. The van der Waals surface area contributed by atoms with Crippen LogP contribution in [0, 0.1) is 6.92 Å². The molecule has 2 amide bonds. The fourth-order valence-corrected chi connectivity index (χ4v) is 5.89. The summed E-state index contributed by atoms with van der Waals surface area (Å²) in [4.78, 5) is 34.5. The number of ether oxygens (including phenoxy) is 2. The minimum Gasteiger partial charge on any atom is -0.484 e. The topological polar surface area (TPSA) is 88.9 Å². The summed E-state index contributed by atoms with van der Waals surface area (Å²) in [6.45, 7) is 2.95. The fourth-order valence-electron chi connectivity index (χ4n) is 5.89. The Balaban J connectivity index is 0.00000541. The Morgan fingerprint density at radius 3 is 2.17 bits per heavy atom. The molecule has 16 heteroatoms. The van der Waals surface area contributed by atoms with E-state index in [1.165, 1.54) is 25.3 Å². The minimum absolute atomic E-state index is 0. The molecule has 280 valence electrons. The summed E-state index contributed by atoms with van der Waals surface area (Å²) in [5.74, 6) is 0.158. The molecule has 3 heterocycles. The Kier molecular flexibility index (Phi) is 11.6. The normalized spacial score (nSPS) is 13.8. The molecule has 0 atom stereocenters. The number of carbonyl (C=O) groups is 2. The van der Waals surface area contributed by atoms with Crippen LogP contribution in [0.1, 0.15) is 37.5 Å². The number of halogens is 7. The number of piperazine rings is 1. The van der Waals surface area contributed by atoms with Gasteiger partial charge in [0.1, 0.15) is 17.2 Å². The van der Waals surface area contributed by atoms with E-state index in [-0.39, 0.29) is 41.1 Å². The molecule has 0 saturated carbocycles. The van der Waals surface area contributed by atoms with Crippen LogP contribution in [0.4, 0.5) is 32.0 Å². The highest BCUT2D eigenvalue weighted by Crippen LogP contribution is 2.31. The van der Waals surface area contributed by atoms with Crippen molar-refractivity contribution >= 4 is 40.8 Å². The second kappa shape index (κ2) is 15.8. The number of pyridine rings is 1. The van der Waals surface area contributed by atoms with Crippen LogP contribution in [0.3, 0.4) is 0 Å². The summed E-state index contributed by atoms with van der Waals surface area (Å²) in [6.07, 6.45) is -7.53. The molecule has 53 heavy (non-hydrogen) atoms. The van der Waals surface area contributed by atoms with E-state index >= 15 is 0 Å². The molecule has 2 aromatic heterocycles. The number of hydrogen-bond donors (Lipinski definition) is 1. The molecule has 0 bridgehead atoms. The molecule has 0 spiro atoms. The summed E-state index contributed by atoms with van der Waals surface area (Å²) in [6, 6.07) is 19.7. The van der Waals surface area contributed by atoms with Crippen LogP contribution in [0.25, 0.3) is 10.9 Å². The van der Waals surface area contributed by atoms with Crippen molar-refractivity contribution in [1.82, 2.24) is 19.4 Å². The minimum atomic E-state index is -4.51. The number of aromatic nitrogens is 2. The molecule has 0 radical (unpaired) electrons. The van der Waals surface area contributed by atoms with E-state index in [0.29, 0.717) is 49.9 Å². The number of nitrogens with one attached hydrogen (secondary N) is 1. The van der Waals surface area contributed by atoms with E-state index in [0.717, 1.165) is 34.7 Å². The van der Waals surface area contributed by atoms with Crippen LogP contribution in [-0.2, 0) is 19.8 Å². The Labute approximate surface area is 306 Å². The number of nitrogens with zero attached hydrogens (tertiary/aromatic N) is 4. The lowest BCUT2D eigenvalue weighted by Crippen LogP contribution is -2.48. The van der Waals surface area contributed by atoms with Crippen molar-refractivity contribution in [3.05, 3.63) is 113 Å². The van der Waals surface area contributed by atoms with Crippen molar-refractivity contribution in [1.29, 1.82) is 0 Å². The lowest BCUT2D eigenvalue weighted by Gasteiger charge is -2.34. The monoisotopic (exact) mass is 761 g/mol. The first kappa shape index (κ1) is 38.9. The first-order valence-electron chi connectivity index (χ1n) is 16.2. The number of carbonyl (C=O) groups excluding carboxylic acids is 2. The number of fused-ring (bicyclic) bond motifs is 1. The molecule has 6 rings (SSSR count). The van der Waals surface area contributed by atoms with Crippen molar-refractivity contribution in [3.63, 3.8) is 0 Å². The molecule has 1 N–H and O–H groups in total. The highest BCUT2D eigenvalue weighted by Gasteiger charge is 2.31. The van der Waals surface area contributed by atoms with Gasteiger partial charge in [0.15, 0.2) is 6.61 Å². The molecule has 3 aromatic carbocycles. The van der Waals surface area contributed by atoms with E-state index in [1.54, 1.807) is 52.9 Å². The van der Waals surface area contributed by atoms with E-state index in [4.69, 9.17) is 9.47 Å². The van der Waals surface area contributed by atoms with Crippen molar-refractivity contribution in [2.45, 2.75) is 25.8 Å². The molecule has 0 aliphatic carbocycles. The van der Waals surface area contributed by atoms with Crippen LogP contribution in [-0.4, -0.2) is 70.1 Å². The zero-order valence-electron chi connectivity index (χ0n) is 28.4. The van der Waals surface area contributed by atoms with Gasteiger partial charge in [-0.25, -0.2) is 4.98 Å². The quantitative estimate of drug-likeness (QED) is 0.152. The third kappa shape index (κ3) is 9.59. The SMILES string of the molecule is Cc1cc(C(F)(F)F)ccc1C(=O)Nc1ccc(Oc2ccc3cc(C(=O)N4CCN(Cc5ccc(OCC(F)(F)F)cc5)CC4)n(C)c3c2)nc1.Cl. The van der Waals surface area contributed by atoms with E-state index < -0.39 is 30.4 Å². The standard InChI is InChI=1S/C37H33F6N5O4.ClH/c1-23-17-26(37(41,42)43)6-11-30(23)34(49)45-27-7-12-33(44-20-27)52-29-10-5-25-18-32(46(2)31(25)19-29)35(50)48-15-13-47(14-16-48)21-24-3-8-28(9-4-24)51-22-36(38,39)40;/h3-12,17-20H,13-16,21-22H2,1-2H3,(H,45,49);1H. The van der Waals surface area contributed by atoms with Gasteiger partial charge in [-0.05, 0) is 72.6 Å². The van der Waals surface area contributed by atoms with Crippen LogP contribution in [0.5, 0.6) is 17.4 Å². The van der Waals surface area contributed by atoms with Gasteiger partial charge in [-0.3, -0.25) is 14.5 Å². The molecule has 5 aromatic rings. The predicted molar refractivity (Wildman–Crippen MR) is 188 cm³/mol. The van der Waals surface area contributed by atoms with E-state index in [2.05, 4.69) is 15.2 Å². The van der Waals surface area contributed by atoms with Crippen molar-refractivity contribution in [3.8, 4) is 17.4 Å². The molecule has 9 nitrogen and oxygen atoms in total. The van der Waals surface area contributed by atoms with Gasteiger partial charge in [0.2, 0.25) is 5.88 Å². The molecule has 1 aliphatic rings. The number of alkyl halides is 6. The van der Waals surface area contributed by atoms with Gasteiger partial charge >= 0.3 is 12.4 Å². The molecular weight excluding hydrogens is 728 g/mol. The Morgan fingerprint density at radius 2 is 1.55 bits per heavy atom. The zero-order chi connectivity index (χ0) is 37.2. The van der Waals surface area contributed by atoms with Gasteiger partial charge in [0.05, 0.1) is 23.0 Å². The maximum absolute atomic E-state index is 13.5. The second-order valence-electron chi connectivity index (χ2n) is 12.4. The van der Waals surface area contributed by atoms with Crippen LogP contribution in [0.15, 0.2) is 85.1 Å². The van der Waals surface area contributed by atoms with Crippen molar-refractivity contribution in [2.75, 3.05) is 38.1 Å². The lowest BCUT2D eigenvalue weighted by molar-refractivity contribution is -0.153. The summed E-state index contributed by atoms with van der Waals surface area (Å²) < 4.78 is 88.7. The van der Waals surface area contributed by atoms with Gasteiger partial charge in [0.25, 0.3) is 11.8 Å². The summed E-state index contributed by atoms with van der Waals surface area (Å²) in [7, 11) is 1.80. The van der Waals surface area contributed by atoms with Gasteiger partial charge in [-0.1, -0.05) is 12.1 Å². The van der Waals surface area contributed by atoms with Gasteiger partial charge in [-0.15, -0.1) is 12.4 Å². The predicted octanol–water partition coefficient (Wildman–Crippen LogP) is 8.27. The number of amides is 2. The Hall–Kier alpha value is -5.28. The third-order valence-electron chi connectivity index (χ3n) is 8.64. The Morgan fingerprint density at radius 1 is 0.849 bits per heavy atom. The fraction of sp³-hybridized carbons (Fsp3) is 0.270. The van der Waals surface area contributed by atoms with Crippen molar-refractivity contribution < 1.29 is 45.4 Å². The van der Waals surface area contributed by atoms with Crippen molar-refractivity contribution in [2.24, 2.45) is 7.05 Å². The van der Waals surface area contributed by atoms with Gasteiger partial charge < -0.3 is 24.3 Å². The zero-order valence-corrected chi connectivity index (χ0v) is 29.2. The number of hydrogen-bond acceptors (Lipinski definition) is 6. The average molecular weight is 762 g/mol. The number of aryl methyl sites for hydroxylation is 2. The molecule has 1 saturated heterocycles. The smallest absolute Gasteiger partial charge is 0.422 e. The molecular formula is C37H34ClF6N5O4. The molecule has 1 fully saturated rings. The van der Waals surface area contributed by atoms with Gasteiger partial charge in [-0.2, -0.15) is 26.3 Å².